The summed E-state index contributed by atoms with van der Waals surface area (Å²) in [5.74, 6) is 0. The average Bonchev–Trinajstić information content (AvgIpc) is 2.65. The van der Waals surface area contributed by atoms with Crippen molar-refractivity contribution < 1.29 is 0 Å². The SMILES string of the molecule is CN(CCNC1CCCCCC1)Cc1cnn(C)c1. The second-order valence-corrected chi connectivity index (χ2v) is 5.90. The van der Waals surface area contributed by atoms with Gasteiger partial charge in [0, 0.05) is 44.5 Å². The molecule has 1 heterocycles. The fourth-order valence-electron chi connectivity index (χ4n) is 2.89. The van der Waals surface area contributed by atoms with Crippen molar-refractivity contribution in [1.82, 2.24) is 20.0 Å². The molecule has 1 fully saturated rings. The minimum absolute atomic E-state index is 0.759. The molecule has 0 spiro atoms. The van der Waals surface area contributed by atoms with Crippen LogP contribution in [0.25, 0.3) is 0 Å². The van der Waals surface area contributed by atoms with Gasteiger partial charge in [-0.3, -0.25) is 4.68 Å². The molecule has 1 aromatic heterocycles. The second-order valence-electron chi connectivity index (χ2n) is 5.90. The van der Waals surface area contributed by atoms with Gasteiger partial charge in [-0.2, -0.15) is 5.10 Å². The quantitative estimate of drug-likeness (QED) is 0.799. The van der Waals surface area contributed by atoms with Gasteiger partial charge in [0.15, 0.2) is 0 Å². The number of nitrogens with one attached hydrogen (secondary N) is 1. The maximum absolute atomic E-state index is 4.21. The van der Waals surface area contributed by atoms with Crippen LogP contribution in [-0.2, 0) is 13.6 Å². The van der Waals surface area contributed by atoms with Gasteiger partial charge in [0.25, 0.3) is 0 Å². The molecule has 0 aromatic carbocycles. The third-order valence-electron chi connectivity index (χ3n) is 3.99. The van der Waals surface area contributed by atoms with Crippen LogP contribution in [0.5, 0.6) is 0 Å². The summed E-state index contributed by atoms with van der Waals surface area (Å²) in [7, 11) is 4.15. The van der Waals surface area contributed by atoms with Crippen molar-refractivity contribution in [3.8, 4) is 0 Å². The van der Waals surface area contributed by atoms with E-state index in [4.69, 9.17) is 0 Å². The lowest BCUT2D eigenvalue weighted by atomic mass is 10.1. The number of hydrogen-bond donors (Lipinski definition) is 1. The van der Waals surface area contributed by atoms with E-state index in [9.17, 15) is 0 Å². The summed E-state index contributed by atoms with van der Waals surface area (Å²) in [6.45, 7) is 3.19. The molecule has 4 heteroatoms. The van der Waals surface area contributed by atoms with E-state index in [1.807, 2.05) is 17.9 Å². The Morgan fingerprint density at radius 1 is 1.32 bits per heavy atom. The zero-order chi connectivity index (χ0) is 13.5. The van der Waals surface area contributed by atoms with E-state index < -0.39 is 0 Å². The van der Waals surface area contributed by atoms with E-state index in [-0.39, 0.29) is 0 Å². The summed E-state index contributed by atoms with van der Waals surface area (Å²) in [6, 6.07) is 0.759. The highest BCUT2D eigenvalue weighted by atomic mass is 15.2. The molecular weight excluding hydrogens is 236 g/mol. The van der Waals surface area contributed by atoms with E-state index >= 15 is 0 Å². The van der Waals surface area contributed by atoms with Gasteiger partial charge >= 0.3 is 0 Å². The monoisotopic (exact) mass is 264 g/mol. The molecule has 19 heavy (non-hydrogen) atoms. The van der Waals surface area contributed by atoms with Crippen molar-refractivity contribution in [2.45, 2.75) is 51.1 Å². The van der Waals surface area contributed by atoms with E-state index in [2.05, 4.69) is 28.6 Å². The summed E-state index contributed by atoms with van der Waals surface area (Å²) in [4.78, 5) is 2.36. The fraction of sp³-hybridized carbons (Fsp3) is 0.800. The van der Waals surface area contributed by atoms with E-state index in [0.717, 1.165) is 25.7 Å². The third kappa shape index (κ3) is 5.33. The van der Waals surface area contributed by atoms with Gasteiger partial charge in [-0.25, -0.2) is 0 Å². The van der Waals surface area contributed by atoms with Gasteiger partial charge in [0.1, 0.15) is 0 Å². The molecule has 0 atom stereocenters. The molecule has 108 valence electrons. The van der Waals surface area contributed by atoms with Crippen LogP contribution >= 0.6 is 0 Å². The van der Waals surface area contributed by atoms with Crippen molar-refractivity contribution in [1.29, 1.82) is 0 Å². The minimum Gasteiger partial charge on any atom is -0.313 e. The van der Waals surface area contributed by atoms with E-state index in [1.165, 1.54) is 44.1 Å². The van der Waals surface area contributed by atoms with E-state index in [0.29, 0.717) is 0 Å². The minimum atomic E-state index is 0.759. The zero-order valence-corrected chi connectivity index (χ0v) is 12.4. The molecule has 0 amide bonds. The molecule has 0 aliphatic heterocycles. The molecule has 1 N–H and O–H groups in total. The molecule has 4 nitrogen and oxygen atoms in total. The van der Waals surface area contributed by atoms with Crippen LogP contribution in [0.3, 0.4) is 0 Å². The molecule has 1 saturated carbocycles. The molecular formula is C15H28N4. The Labute approximate surface area is 117 Å². The highest BCUT2D eigenvalue weighted by Crippen LogP contribution is 2.16. The van der Waals surface area contributed by atoms with Crippen molar-refractivity contribution in [3.63, 3.8) is 0 Å². The van der Waals surface area contributed by atoms with Gasteiger partial charge < -0.3 is 10.2 Å². The second kappa shape index (κ2) is 7.65. The van der Waals surface area contributed by atoms with Crippen LogP contribution in [-0.4, -0.2) is 40.9 Å². The Morgan fingerprint density at radius 2 is 2.05 bits per heavy atom. The van der Waals surface area contributed by atoms with Crippen molar-refractivity contribution >= 4 is 0 Å². The van der Waals surface area contributed by atoms with Crippen LogP contribution in [0, 0.1) is 0 Å². The first-order valence-electron chi connectivity index (χ1n) is 7.63. The van der Waals surface area contributed by atoms with Gasteiger partial charge in [0.05, 0.1) is 6.20 Å². The number of likely N-dealkylation sites (N-methyl/N-ethyl adjacent to an activating group) is 1. The number of aromatic nitrogens is 2. The zero-order valence-electron chi connectivity index (χ0n) is 12.4. The molecule has 0 unspecified atom stereocenters. The lowest BCUT2D eigenvalue weighted by Gasteiger charge is -2.20. The highest BCUT2D eigenvalue weighted by Gasteiger charge is 2.11. The van der Waals surface area contributed by atoms with E-state index in [1.54, 1.807) is 0 Å². The number of rotatable bonds is 6. The van der Waals surface area contributed by atoms with Gasteiger partial charge in [0.2, 0.25) is 0 Å². The first kappa shape index (κ1) is 14.5. The fourth-order valence-corrected chi connectivity index (χ4v) is 2.89. The molecule has 1 aliphatic carbocycles. The number of nitrogens with zero attached hydrogens (tertiary/aromatic N) is 3. The van der Waals surface area contributed by atoms with Crippen LogP contribution in [0.15, 0.2) is 12.4 Å². The molecule has 1 aliphatic rings. The van der Waals surface area contributed by atoms with Crippen molar-refractivity contribution in [2.24, 2.45) is 7.05 Å². The summed E-state index contributed by atoms with van der Waals surface area (Å²) < 4.78 is 1.87. The predicted molar refractivity (Wildman–Crippen MR) is 79.0 cm³/mol. The van der Waals surface area contributed by atoms with Crippen LogP contribution in [0.2, 0.25) is 0 Å². The first-order chi connectivity index (χ1) is 9.24. The smallest absolute Gasteiger partial charge is 0.0534 e. The van der Waals surface area contributed by atoms with Crippen LogP contribution < -0.4 is 5.32 Å². The summed E-state index contributed by atoms with van der Waals surface area (Å²) in [5, 5.41) is 7.93. The van der Waals surface area contributed by atoms with Crippen LogP contribution in [0.4, 0.5) is 0 Å². The van der Waals surface area contributed by atoms with Crippen LogP contribution in [0.1, 0.15) is 44.1 Å². The normalized spacial score (nSPS) is 17.8. The highest BCUT2D eigenvalue weighted by molar-refractivity contribution is 5.02. The van der Waals surface area contributed by atoms with Gasteiger partial charge in [-0.1, -0.05) is 25.7 Å². The molecule has 0 saturated heterocycles. The van der Waals surface area contributed by atoms with Gasteiger partial charge in [-0.05, 0) is 19.9 Å². The molecule has 2 rings (SSSR count). The van der Waals surface area contributed by atoms with Crippen molar-refractivity contribution in [2.75, 3.05) is 20.1 Å². The lowest BCUT2D eigenvalue weighted by molar-refractivity contribution is 0.312. The molecule has 1 aromatic rings. The standard InChI is InChI=1S/C15H28N4/c1-18(12-14-11-17-19(2)13-14)10-9-16-15-7-5-3-4-6-8-15/h11,13,15-16H,3-10,12H2,1-2H3. The predicted octanol–water partition coefficient (Wildman–Crippen LogP) is 2.16. The molecule has 0 radical (unpaired) electrons. The number of hydrogen-bond acceptors (Lipinski definition) is 3. The largest absolute Gasteiger partial charge is 0.313 e. The topological polar surface area (TPSA) is 33.1 Å². The third-order valence-corrected chi connectivity index (χ3v) is 3.99. The van der Waals surface area contributed by atoms with Gasteiger partial charge in [-0.15, -0.1) is 0 Å². The lowest BCUT2D eigenvalue weighted by Crippen LogP contribution is -2.35. The Hall–Kier alpha value is -0.870. The Bertz CT molecular complexity index is 353. The summed E-state index contributed by atoms with van der Waals surface area (Å²) in [5.41, 5.74) is 1.29. The summed E-state index contributed by atoms with van der Waals surface area (Å²) >= 11 is 0. The molecule has 0 bridgehead atoms. The Kier molecular flexibility index (Phi) is 5.86. The van der Waals surface area contributed by atoms with Crippen molar-refractivity contribution in [3.05, 3.63) is 18.0 Å². The maximum Gasteiger partial charge on any atom is 0.0534 e. The summed E-state index contributed by atoms with van der Waals surface area (Å²) in [6.07, 6.45) is 12.5. The Balaban J connectivity index is 1.61. The number of aryl methyl sites for hydroxylation is 1. The maximum atomic E-state index is 4.21. The Morgan fingerprint density at radius 3 is 2.68 bits per heavy atom. The average molecular weight is 264 g/mol. The first-order valence-corrected chi connectivity index (χ1v) is 7.63.